The maximum absolute atomic E-state index is 5.63. The average Bonchev–Trinajstić information content (AvgIpc) is 3.26. The number of aliphatic imine (C=N–C) groups is 1. The average molecular weight is 332 g/mol. The van der Waals surface area contributed by atoms with E-state index in [1.165, 1.54) is 0 Å². The summed E-state index contributed by atoms with van der Waals surface area (Å²) < 4.78 is 7.48. The number of furan rings is 1. The monoisotopic (exact) mass is 332 g/mol. The lowest BCUT2D eigenvalue weighted by molar-refractivity contribution is 0.193. The highest BCUT2D eigenvalue weighted by Gasteiger charge is 2.20. The standard InChI is InChI=1S/C17H28N6O/c1-5-23(6-2)15(16-8-7-11-24-16)13-20-17(18-3)19-12-14-9-10-21-22(14)4/h7-11,15H,5-6,12-13H2,1-4H3,(H2,18,19,20). The third kappa shape index (κ3) is 4.61. The zero-order valence-electron chi connectivity index (χ0n) is 15.0. The number of likely N-dealkylation sites (N-methyl/N-ethyl adjacent to an activating group) is 1. The van der Waals surface area contributed by atoms with Gasteiger partial charge >= 0.3 is 0 Å². The Morgan fingerprint density at radius 3 is 2.67 bits per heavy atom. The van der Waals surface area contributed by atoms with E-state index >= 15 is 0 Å². The highest BCUT2D eigenvalue weighted by atomic mass is 16.3. The van der Waals surface area contributed by atoms with Crippen LogP contribution in [0.15, 0.2) is 40.1 Å². The van der Waals surface area contributed by atoms with Gasteiger partial charge in [-0.2, -0.15) is 5.10 Å². The largest absolute Gasteiger partial charge is 0.468 e. The molecule has 2 heterocycles. The van der Waals surface area contributed by atoms with Crippen LogP contribution >= 0.6 is 0 Å². The first-order valence-electron chi connectivity index (χ1n) is 8.38. The van der Waals surface area contributed by atoms with Crippen molar-refractivity contribution >= 4 is 5.96 Å². The third-order valence-electron chi connectivity index (χ3n) is 4.17. The van der Waals surface area contributed by atoms with Gasteiger partial charge in [0.25, 0.3) is 0 Å². The van der Waals surface area contributed by atoms with Gasteiger partial charge < -0.3 is 15.1 Å². The van der Waals surface area contributed by atoms with E-state index in [4.69, 9.17) is 4.42 Å². The van der Waals surface area contributed by atoms with Gasteiger partial charge in [-0.05, 0) is 31.3 Å². The Morgan fingerprint density at radius 1 is 1.33 bits per heavy atom. The minimum Gasteiger partial charge on any atom is -0.468 e. The van der Waals surface area contributed by atoms with E-state index in [9.17, 15) is 0 Å². The van der Waals surface area contributed by atoms with Crippen molar-refractivity contribution < 1.29 is 4.42 Å². The van der Waals surface area contributed by atoms with Gasteiger partial charge in [0, 0.05) is 26.8 Å². The number of aryl methyl sites for hydroxylation is 1. The minimum atomic E-state index is 0.172. The normalized spacial score (nSPS) is 13.3. The molecule has 1 unspecified atom stereocenters. The second-order valence-corrected chi connectivity index (χ2v) is 5.51. The van der Waals surface area contributed by atoms with E-state index in [-0.39, 0.29) is 6.04 Å². The highest BCUT2D eigenvalue weighted by molar-refractivity contribution is 5.79. The first-order chi connectivity index (χ1) is 11.7. The molecule has 132 valence electrons. The fraction of sp³-hybridized carbons (Fsp3) is 0.529. The van der Waals surface area contributed by atoms with Crippen LogP contribution in [0.2, 0.25) is 0 Å². The first kappa shape index (κ1) is 18.1. The van der Waals surface area contributed by atoms with E-state index in [2.05, 4.69) is 39.5 Å². The first-order valence-corrected chi connectivity index (χ1v) is 8.38. The highest BCUT2D eigenvalue weighted by Crippen LogP contribution is 2.20. The Hall–Kier alpha value is -2.28. The number of nitrogens with zero attached hydrogens (tertiary/aromatic N) is 4. The Balaban J connectivity index is 1.95. The summed E-state index contributed by atoms with van der Waals surface area (Å²) in [5.74, 6) is 1.73. The van der Waals surface area contributed by atoms with Crippen LogP contribution in [-0.4, -0.2) is 47.3 Å². The summed E-state index contributed by atoms with van der Waals surface area (Å²) in [7, 11) is 3.71. The van der Waals surface area contributed by atoms with E-state index in [0.717, 1.165) is 37.0 Å². The van der Waals surface area contributed by atoms with Gasteiger partial charge in [-0.15, -0.1) is 0 Å². The van der Waals surface area contributed by atoms with Gasteiger partial charge in [-0.25, -0.2) is 0 Å². The summed E-state index contributed by atoms with van der Waals surface area (Å²) in [6.45, 7) is 7.64. The second kappa shape index (κ2) is 9.12. The SMILES string of the molecule is CCN(CC)C(CNC(=NC)NCc1ccnn1C)c1ccco1. The van der Waals surface area contributed by atoms with Gasteiger partial charge in [-0.1, -0.05) is 13.8 Å². The zero-order chi connectivity index (χ0) is 17.4. The number of guanidine groups is 1. The van der Waals surface area contributed by atoms with E-state index < -0.39 is 0 Å². The summed E-state index contributed by atoms with van der Waals surface area (Å²) in [6.07, 6.45) is 3.52. The van der Waals surface area contributed by atoms with Gasteiger partial charge in [0.1, 0.15) is 5.76 Å². The third-order valence-corrected chi connectivity index (χ3v) is 4.17. The van der Waals surface area contributed by atoms with Crippen LogP contribution in [0.4, 0.5) is 0 Å². The summed E-state index contributed by atoms with van der Waals surface area (Å²) >= 11 is 0. The fourth-order valence-electron chi connectivity index (χ4n) is 2.72. The molecule has 0 radical (unpaired) electrons. The minimum absolute atomic E-state index is 0.172. The van der Waals surface area contributed by atoms with Gasteiger partial charge in [0.2, 0.25) is 0 Å². The zero-order valence-corrected chi connectivity index (χ0v) is 15.0. The van der Waals surface area contributed by atoms with Crippen molar-refractivity contribution in [3.8, 4) is 0 Å². The Labute approximate surface area is 143 Å². The molecule has 0 aliphatic heterocycles. The van der Waals surface area contributed by atoms with Crippen LogP contribution < -0.4 is 10.6 Å². The maximum Gasteiger partial charge on any atom is 0.191 e. The molecule has 0 bridgehead atoms. The second-order valence-electron chi connectivity index (χ2n) is 5.51. The Morgan fingerprint density at radius 2 is 2.12 bits per heavy atom. The van der Waals surface area contributed by atoms with Crippen LogP contribution in [0.1, 0.15) is 31.3 Å². The van der Waals surface area contributed by atoms with Crippen LogP contribution in [0.3, 0.4) is 0 Å². The molecule has 7 nitrogen and oxygen atoms in total. The lowest BCUT2D eigenvalue weighted by atomic mass is 10.2. The number of nitrogens with one attached hydrogen (secondary N) is 2. The molecule has 1 atom stereocenters. The molecule has 0 aliphatic rings. The molecule has 2 aromatic heterocycles. The number of aromatic nitrogens is 2. The number of hydrogen-bond acceptors (Lipinski definition) is 4. The summed E-state index contributed by atoms with van der Waals surface area (Å²) in [5.41, 5.74) is 1.10. The van der Waals surface area contributed by atoms with Crippen molar-refractivity contribution in [1.82, 2.24) is 25.3 Å². The number of rotatable bonds is 8. The Kier molecular flexibility index (Phi) is 6.87. The van der Waals surface area contributed by atoms with Crippen LogP contribution in [0.5, 0.6) is 0 Å². The van der Waals surface area contributed by atoms with Gasteiger partial charge in [-0.3, -0.25) is 14.6 Å². The van der Waals surface area contributed by atoms with Crippen molar-refractivity contribution in [2.75, 3.05) is 26.7 Å². The lowest BCUT2D eigenvalue weighted by Gasteiger charge is -2.28. The van der Waals surface area contributed by atoms with E-state index in [1.807, 2.05) is 29.9 Å². The summed E-state index contributed by atoms with van der Waals surface area (Å²) in [5, 5.41) is 10.9. The summed E-state index contributed by atoms with van der Waals surface area (Å²) in [4.78, 5) is 6.66. The van der Waals surface area contributed by atoms with E-state index in [1.54, 1.807) is 19.5 Å². The molecule has 0 amide bonds. The molecule has 0 fully saturated rings. The number of hydrogen-bond donors (Lipinski definition) is 2. The van der Waals surface area contributed by atoms with Gasteiger partial charge in [0.15, 0.2) is 5.96 Å². The predicted octanol–water partition coefficient (Wildman–Crippen LogP) is 1.76. The van der Waals surface area contributed by atoms with E-state index in [0.29, 0.717) is 6.54 Å². The topological polar surface area (TPSA) is 70.6 Å². The van der Waals surface area contributed by atoms with Crippen molar-refractivity contribution in [2.45, 2.75) is 26.4 Å². The maximum atomic E-state index is 5.63. The quantitative estimate of drug-likeness (QED) is 0.569. The van der Waals surface area contributed by atoms with Crippen LogP contribution in [-0.2, 0) is 13.6 Å². The lowest BCUT2D eigenvalue weighted by Crippen LogP contribution is -2.43. The predicted molar refractivity (Wildman–Crippen MR) is 95.8 cm³/mol. The summed E-state index contributed by atoms with van der Waals surface area (Å²) in [6, 6.07) is 6.12. The molecule has 0 aliphatic carbocycles. The molecule has 24 heavy (non-hydrogen) atoms. The molecular weight excluding hydrogens is 304 g/mol. The molecule has 2 N–H and O–H groups in total. The molecule has 2 rings (SSSR count). The van der Waals surface area contributed by atoms with Crippen LogP contribution in [0.25, 0.3) is 0 Å². The van der Waals surface area contributed by atoms with Crippen molar-refractivity contribution in [1.29, 1.82) is 0 Å². The smallest absolute Gasteiger partial charge is 0.191 e. The van der Waals surface area contributed by atoms with Crippen molar-refractivity contribution in [3.63, 3.8) is 0 Å². The van der Waals surface area contributed by atoms with Crippen molar-refractivity contribution in [3.05, 3.63) is 42.1 Å². The molecule has 0 saturated heterocycles. The molecular formula is C17H28N6O. The molecule has 0 saturated carbocycles. The Bertz CT molecular complexity index is 615. The molecule has 0 aromatic carbocycles. The fourth-order valence-corrected chi connectivity index (χ4v) is 2.72. The molecule has 2 aromatic rings. The van der Waals surface area contributed by atoms with Crippen molar-refractivity contribution in [2.24, 2.45) is 12.0 Å². The van der Waals surface area contributed by atoms with Crippen LogP contribution in [0, 0.1) is 0 Å². The molecule has 0 spiro atoms. The van der Waals surface area contributed by atoms with Gasteiger partial charge in [0.05, 0.1) is 24.5 Å². The molecule has 7 heteroatoms.